The van der Waals surface area contributed by atoms with Crippen molar-refractivity contribution in [2.45, 2.75) is 0 Å². The van der Waals surface area contributed by atoms with Crippen LogP contribution in [0.4, 0.5) is 0 Å². The Hall–Kier alpha value is -4.16. The van der Waals surface area contributed by atoms with Gasteiger partial charge in [-0.15, -0.1) is 0 Å². The zero-order valence-electron chi connectivity index (χ0n) is 17.5. The zero-order valence-corrected chi connectivity index (χ0v) is 17.5. The van der Waals surface area contributed by atoms with E-state index in [0.29, 0.717) is 0 Å². The molecule has 0 atom stereocenters. The van der Waals surface area contributed by atoms with Crippen molar-refractivity contribution in [1.82, 2.24) is 0 Å². The average molecular weight is 405 g/mol. The fraction of sp³-hybridized carbons (Fsp3) is 0. The lowest BCUT2D eigenvalue weighted by Crippen LogP contribution is -1.93. The number of benzene rings is 5. The number of allylic oxidation sites excluding steroid dienone is 2. The summed E-state index contributed by atoms with van der Waals surface area (Å²) in [7, 11) is 0. The Morgan fingerprint density at radius 3 is 1.47 bits per heavy atom. The highest BCUT2D eigenvalue weighted by atomic mass is 14.4. The van der Waals surface area contributed by atoms with E-state index in [-0.39, 0.29) is 0 Å². The molecule has 0 radical (unpaired) electrons. The van der Waals surface area contributed by atoms with Crippen molar-refractivity contribution in [2.24, 2.45) is 0 Å². The smallest absolute Gasteiger partial charge is 0.000741 e. The molecular formula is C32H20. The van der Waals surface area contributed by atoms with Crippen molar-refractivity contribution in [1.29, 1.82) is 0 Å². The van der Waals surface area contributed by atoms with Crippen LogP contribution in [0.25, 0.3) is 33.1 Å². The largest absolute Gasteiger partial charge is 0.0622 e. The maximum absolute atomic E-state index is 2.29. The molecule has 0 saturated heterocycles. The molecule has 0 amide bonds. The van der Waals surface area contributed by atoms with Crippen molar-refractivity contribution >= 4 is 33.1 Å². The highest BCUT2D eigenvalue weighted by molar-refractivity contribution is 6.36. The van der Waals surface area contributed by atoms with Crippen molar-refractivity contribution in [2.75, 3.05) is 0 Å². The lowest BCUT2D eigenvalue weighted by atomic mass is 9.90. The van der Waals surface area contributed by atoms with Gasteiger partial charge in [-0.3, -0.25) is 0 Å². The summed E-state index contributed by atoms with van der Waals surface area (Å²) in [5.41, 5.74) is 13.4. The van der Waals surface area contributed by atoms with Crippen LogP contribution in [0.5, 0.6) is 0 Å². The van der Waals surface area contributed by atoms with E-state index in [4.69, 9.17) is 0 Å². The molecule has 0 aliphatic heterocycles. The van der Waals surface area contributed by atoms with E-state index in [0.717, 1.165) is 0 Å². The number of rotatable bonds is 2. The van der Waals surface area contributed by atoms with Gasteiger partial charge in [0.05, 0.1) is 0 Å². The number of hydrogen-bond acceptors (Lipinski definition) is 0. The van der Waals surface area contributed by atoms with Gasteiger partial charge >= 0.3 is 0 Å². The lowest BCUT2D eigenvalue weighted by Gasteiger charge is -2.13. The van der Waals surface area contributed by atoms with E-state index in [2.05, 4.69) is 121 Å². The molecule has 148 valence electrons. The molecule has 0 heterocycles. The Morgan fingerprint density at radius 2 is 0.750 bits per heavy atom. The summed E-state index contributed by atoms with van der Waals surface area (Å²) in [6, 6.07) is 44.1. The van der Waals surface area contributed by atoms with Crippen molar-refractivity contribution < 1.29 is 0 Å². The van der Waals surface area contributed by atoms with Crippen LogP contribution in [0.1, 0.15) is 33.4 Å². The summed E-state index contributed by atoms with van der Waals surface area (Å²) in [5.74, 6) is 0. The minimum Gasteiger partial charge on any atom is -0.0622 e. The first-order valence-electron chi connectivity index (χ1n) is 11.1. The molecule has 2 aliphatic rings. The zero-order chi connectivity index (χ0) is 21.1. The third-order valence-corrected chi connectivity index (χ3v) is 6.80. The molecule has 5 aromatic rings. The van der Waals surface area contributed by atoms with Crippen LogP contribution < -0.4 is 0 Å². The van der Waals surface area contributed by atoms with E-state index in [9.17, 15) is 0 Å². The molecule has 0 aromatic heterocycles. The molecule has 0 nitrogen and oxygen atoms in total. The van der Waals surface area contributed by atoms with Crippen LogP contribution in [0.2, 0.25) is 0 Å². The second kappa shape index (κ2) is 6.67. The summed E-state index contributed by atoms with van der Waals surface area (Å²) in [6.07, 6.45) is 0. The maximum atomic E-state index is 2.29. The van der Waals surface area contributed by atoms with Crippen LogP contribution >= 0.6 is 0 Å². The first-order chi connectivity index (χ1) is 15.9. The van der Waals surface area contributed by atoms with Gasteiger partial charge in [0.15, 0.2) is 0 Å². The fourth-order valence-corrected chi connectivity index (χ4v) is 5.52. The maximum Gasteiger partial charge on any atom is -0.000741 e. The molecule has 0 fully saturated rings. The molecule has 0 saturated carbocycles. The Labute approximate surface area is 187 Å². The Morgan fingerprint density at radius 1 is 0.281 bits per heavy atom. The predicted molar refractivity (Wildman–Crippen MR) is 135 cm³/mol. The second-order valence-electron chi connectivity index (χ2n) is 8.48. The Kier molecular flexibility index (Phi) is 3.65. The standard InChI is InChI=1S/C32H20/c1-2-12-22(13-3-1)29-25-16-6-8-18-27(25)32-30(26-17-7-9-19-28(26)31(29)32)24-20-10-14-21-11-4-5-15-23(21)24/h1-20H. The summed E-state index contributed by atoms with van der Waals surface area (Å²) in [6.45, 7) is 0. The van der Waals surface area contributed by atoms with Gasteiger partial charge in [0.2, 0.25) is 0 Å². The number of hydrogen-bond donors (Lipinski definition) is 0. The summed E-state index contributed by atoms with van der Waals surface area (Å²) in [4.78, 5) is 0. The van der Waals surface area contributed by atoms with E-state index in [1.165, 1.54) is 66.4 Å². The van der Waals surface area contributed by atoms with Crippen LogP contribution in [0.3, 0.4) is 0 Å². The van der Waals surface area contributed by atoms with E-state index < -0.39 is 0 Å². The molecule has 0 unspecified atom stereocenters. The third-order valence-electron chi connectivity index (χ3n) is 6.80. The second-order valence-corrected chi connectivity index (χ2v) is 8.48. The quantitative estimate of drug-likeness (QED) is 0.279. The van der Waals surface area contributed by atoms with Gasteiger partial charge < -0.3 is 0 Å². The first kappa shape index (κ1) is 17.5. The highest BCUT2D eigenvalue weighted by Crippen LogP contribution is 2.58. The predicted octanol–water partition coefficient (Wildman–Crippen LogP) is 8.09. The normalized spacial score (nSPS) is 14.0. The molecule has 32 heavy (non-hydrogen) atoms. The van der Waals surface area contributed by atoms with Crippen LogP contribution in [0.15, 0.2) is 121 Å². The molecule has 0 heteroatoms. The lowest BCUT2D eigenvalue weighted by molar-refractivity contribution is 1.53. The van der Waals surface area contributed by atoms with Crippen LogP contribution in [0, 0.1) is 0 Å². The highest BCUT2D eigenvalue weighted by Gasteiger charge is 2.37. The Bertz CT molecular complexity index is 1590. The van der Waals surface area contributed by atoms with Gasteiger partial charge in [-0.1, -0.05) is 121 Å². The summed E-state index contributed by atoms with van der Waals surface area (Å²) >= 11 is 0. The summed E-state index contributed by atoms with van der Waals surface area (Å²) < 4.78 is 0. The van der Waals surface area contributed by atoms with Crippen LogP contribution in [-0.2, 0) is 0 Å². The van der Waals surface area contributed by atoms with Crippen molar-refractivity contribution in [3.63, 3.8) is 0 Å². The molecule has 5 aromatic carbocycles. The minimum absolute atomic E-state index is 1.28. The number of fused-ring (bicyclic) bond motifs is 6. The van der Waals surface area contributed by atoms with Gasteiger partial charge in [-0.25, -0.2) is 0 Å². The van der Waals surface area contributed by atoms with Crippen molar-refractivity contribution in [3.8, 4) is 0 Å². The molecule has 0 N–H and O–H groups in total. The van der Waals surface area contributed by atoms with Gasteiger partial charge in [0, 0.05) is 0 Å². The summed E-state index contributed by atoms with van der Waals surface area (Å²) in [5, 5.41) is 2.58. The molecule has 0 bridgehead atoms. The first-order valence-corrected chi connectivity index (χ1v) is 11.1. The van der Waals surface area contributed by atoms with Crippen molar-refractivity contribution in [3.05, 3.63) is 155 Å². The minimum atomic E-state index is 1.28. The average Bonchev–Trinajstić information content (AvgIpc) is 3.37. The van der Waals surface area contributed by atoms with Gasteiger partial charge in [-0.2, -0.15) is 0 Å². The van der Waals surface area contributed by atoms with Gasteiger partial charge in [0.25, 0.3) is 0 Å². The van der Waals surface area contributed by atoms with Gasteiger partial charge in [0.1, 0.15) is 0 Å². The van der Waals surface area contributed by atoms with Gasteiger partial charge in [-0.05, 0) is 66.4 Å². The fourth-order valence-electron chi connectivity index (χ4n) is 5.52. The molecule has 7 rings (SSSR count). The Balaban J connectivity index is 1.67. The monoisotopic (exact) mass is 404 g/mol. The van der Waals surface area contributed by atoms with E-state index in [1.54, 1.807) is 0 Å². The SMILES string of the molecule is c1ccc(C2=C3C(=C(c4cccc5ccccc45)c4ccccc43)c3ccccc32)cc1. The molecule has 0 spiro atoms. The van der Waals surface area contributed by atoms with E-state index >= 15 is 0 Å². The molecule has 2 aliphatic carbocycles. The topological polar surface area (TPSA) is 0 Å². The molecular weight excluding hydrogens is 384 g/mol. The third kappa shape index (κ3) is 2.32. The van der Waals surface area contributed by atoms with Crippen LogP contribution in [-0.4, -0.2) is 0 Å². The van der Waals surface area contributed by atoms with E-state index in [1.807, 2.05) is 0 Å².